The summed E-state index contributed by atoms with van der Waals surface area (Å²) in [6.45, 7) is 3.77. The van der Waals surface area contributed by atoms with Crippen molar-refractivity contribution in [1.29, 1.82) is 0 Å². The van der Waals surface area contributed by atoms with E-state index in [0.717, 1.165) is 0 Å². The summed E-state index contributed by atoms with van der Waals surface area (Å²) in [5, 5.41) is 7.51. The number of fused-ring (bicyclic) bond motifs is 2. The molecule has 0 bridgehead atoms. The molecule has 3 aromatic heterocycles. The van der Waals surface area contributed by atoms with Gasteiger partial charge < -0.3 is 16.0 Å². The van der Waals surface area contributed by atoms with Crippen LogP contribution in [0.1, 0.15) is 41.6 Å². The van der Waals surface area contributed by atoms with Crippen molar-refractivity contribution in [2.75, 3.05) is 12.8 Å². The molecule has 1 aliphatic heterocycles. The standard InChI is InChI=1S/C30H27N9O2/c1-18-23(37(3)17-33-18)14-13-20-9-7-12-22-24(20)30(41)39(21-10-5-4-6-11-21)27(35-22)19(2)34-29(40)25-26(31)36-38-16-8-15-32-28(25)38/h4-12,15-19,23H,1-3H3,(H2,31,36)(H,34,40). The highest BCUT2D eigenvalue weighted by molar-refractivity contribution is 6.04. The number of benzene rings is 2. The van der Waals surface area contributed by atoms with Crippen molar-refractivity contribution < 1.29 is 4.79 Å². The number of hydrogen-bond donors (Lipinski definition) is 2. The number of likely N-dealkylation sites (N-methyl/N-ethyl adjacent to an activating group) is 1. The number of rotatable bonds is 4. The van der Waals surface area contributed by atoms with Gasteiger partial charge in [0.2, 0.25) is 0 Å². The molecule has 5 aromatic rings. The van der Waals surface area contributed by atoms with E-state index in [9.17, 15) is 9.59 Å². The summed E-state index contributed by atoms with van der Waals surface area (Å²) in [5.74, 6) is 6.40. The Balaban J connectivity index is 1.46. The highest BCUT2D eigenvalue weighted by Gasteiger charge is 2.25. The largest absolute Gasteiger partial charge is 0.381 e. The molecule has 3 atom stereocenters. The molecule has 11 heteroatoms. The summed E-state index contributed by atoms with van der Waals surface area (Å²) in [4.78, 5) is 43.1. The molecule has 3 N–H and O–H groups in total. The van der Waals surface area contributed by atoms with Gasteiger partial charge in [-0.2, -0.15) is 0 Å². The van der Waals surface area contributed by atoms with Crippen molar-refractivity contribution in [3.63, 3.8) is 0 Å². The molecule has 6 rings (SSSR count). The van der Waals surface area contributed by atoms with Crippen molar-refractivity contribution in [1.82, 2.24) is 34.4 Å². The van der Waals surface area contributed by atoms with Gasteiger partial charge in [-0.15, -0.1) is 5.10 Å². The highest BCUT2D eigenvalue weighted by Crippen LogP contribution is 2.22. The molecule has 3 unspecified atom stereocenters. The molecule has 0 saturated heterocycles. The molecule has 1 aliphatic rings. The van der Waals surface area contributed by atoms with Crippen LogP contribution in [0.15, 0.2) is 76.8 Å². The fraction of sp³-hybridized carbons (Fsp3) is 0.200. The lowest BCUT2D eigenvalue weighted by atomic mass is 10.1. The number of nitrogens with two attached hydrogens (primary N) is 1. The van der Waals surface area contributed by atoms with E-state index in [0.29, 0.717) is 33.6 Å². The fourth-order valence-electron chi connectivity index (χ4n) is 5.00. The second-order valence-electron chi connectivity index (χ2n) is 9.87. The molecule has 0 radical (unpaired) electrons. The first-order chi connectivity index (χ1) is 19.8. The Morgan fingerprint density at radius 3 is 2.68 bits per heavy atom. The first kappa shape index (κ1) is 25.8. The number of nitrogens with zero attached hydrogens (tertiary/aromatic N) is 7. The molecule has 0 fully saturated rings. The quantitative estimate of drug-likeness (QED) is 0.331. The van der Waals surface area contributed by atoms with Crippen LogP contribution in [0.4, 0.5) is 5.82 Å². The van der Waals surface area contributed by atoms with E-state index >= 15 is 0 Å². The Kier molecular flexibility index (Phi) is 6.43. The van der Waals surface area contributed by atoms with Crippen molar-refractivity contribution >= 4 is 34.6 Å². The first-order valence-electron chi connectivity index (χ1n) is 13.1. The SMILES string of the molecule is CC(NC(=O)c1c(N)nn2cccnc12)c1nc2cccc(C#CC3C(C)N=CN3C)c2c(=O)n1-c1ccccc1. The van der Waals surface area contributed by atoms with Gasteiger partial charge in [-0.1, -0.05) is 36.1 Å². The number of nitrogens with one attached hydrogen (secondary N) is 1. The third-order valence-corrected chi connectivity index (χ3v) is 7.06. The van der Waals surface area contributed by atoms with Gasteiger partial charge in [-0.05, 0) is 44.2 Å². The average molecular weight is 546 g/mol. The summed E-state index contributed by atoms with van der Waals surface area (Å²) in [7, 11) is 1.93. The van der Waals surface area contributed by atoms with Crippen molar-refractivity contribution in [2.45, 2.75) is 32.0 Å². The van der Waals surface area contributed by atoms with E-state index in [2.05, 4.69) is 32.2 Å². The van der Waals surface area contributed by atoms with Gasteiger partial charge in [-0.3, -0.25) is 19.1 Å². The van der Waals surface area contributed by atoms with Crippen molar-refractivity contribution in [3.8, 4) is 17.5 Å². The summed E-state index contributed by atoms with van der Waals surface area (Å²) < 4.78 is 2.96. The molecule has 0 saturated carbocycles. The monoisotopic (exact) mass is 545 g/mol. The number of carbonyl (C=O) groups is 1. The van der Waals surface area contributed by atoms with Gasteiger partial charge in [0.1, 0.15) is 17.4 Å². The number of anilines is 1. The highest BCUT2D eigenvalue weighted by atomic mass is 16.2. The Labute approximate surface area is 235 Å². The predicted molar refractivity (Wildman–Crippen MR) is 157 cm³/mol. The Morgan fingerprint density at radius 1 is 1.12 bits per heavy atom. The zero-order valence-corrected chi connectivity index (χ0v) is 22.7. The van der Waals surface area contributed by atoms with Crippen LogP contribution in [0.2, 0.25) is 0 Å². The zero-order chi connectivity index (χ0) is 28.7. The summed E-state index contributed by atoms with van der Waals surface area (Å²) in [6.07, 6.45) is 5.00. The minimum Gasteiger partial charge on any atom is -0.381 e. The van der Waals surface area contributed by atoms with E-state index < -0.39 is 11.9 Å². The van der Waals surface area contributed by atoms with E-state index in [1.165, 1.54) is 9.08 Å². The second-order valence-corrected chi connectivity index (χ2v) is 9.87. The molecule has 41 heavy (non-hydrogen) atoms. The van der Waals surface area contributed by atoms with Gasteiger partial charge >= 0.3 is 0 Å². The lowest BCUT2D eigenvalue weighted by Gasteiger charge is -2.20. The lowest BCUT2D eigenvalue weighted by molar-refractivity contribution is 0.0940. The second kappa shape index (κ2) is 10.2. The molecular weight excluding hydrogens is 518 g/mol. The van der Waals surface area contributed by atoms with Gasteiger partial charge in [0.05, 0.1) is 35.0 Å². The maximum absolute atomic E-state index is 14.2. The Morgan fingerprint density at radius 2 is 1.93 bits per heavy atom. The number of nitrogen functional groups attached to an aromatic ring is 1. The number of para-hydroxylation sites is 1. The molecule has 4 heterocycles. The van der Waals surface area contributed by atoms with E-state index in [4.69, 9.17) is 10.7 Å². The number of carbonyl (C=O) groups excluding carboxylic acids is 1. The minimum absolute atomic E-state index is 0.0232. The van der Waals surface area contributed by atoms with E-state index in [-0.39, 0.29) is 29.0 Å². The van der Waals surface area contributed by atoms with Crippen molar-refractivity contribution in [3.05, 3.63) is 94.3 Å². The molecule has 1 amide bonds. The van der Waals surface area contributed by atoms with Crippen LogP contribution in [-0.2, 0) is 0 Å². The molecule has 0 aliphatic carbocycles. The van der Waals surface area contributed by atoms with Crippen LogP contribution in [0, 0.1) is 11.8 Å². The first-order valence-corrected chi connectivity index (χ1v) is 13.1. The van der Waals surface area contributed by atoms with Gasteiger partial charge in [-0.25, -0.2) is 14.5 Å². The molecule has 2 aromatic carbocycles. The maximum Gasteiger partial charge on any atom is 0.267 e. The average Bonchev–Trinajstić information content (AvgIpc) is 3.48. The summed E-state index contributed by atoms with van der Waals surface area (Å²) >= 11 is 0. The number of amides is 1. The Bertz CT molecular complexity index is 1940. The maximum atomic E-state index is 14.2. The summed E-state index contributed by atoms with van der Waals surface area (Å²) in [5.41, 5.74) is 7.93. The van der Waals surface area contributed by atoms with Crippen LogP contribution < -0.4 is 16.6 Å². The molecule has 204 valence electrons. The van der Waals surface area contributed by atoms with Gasteiger partial charge in [0, 0.05) is 25.0 Å². The molecule has 11 nitrogen and oxygen atoms in total. The predicted octanol–water partition coefficient (Wildman–Crippen LogP) is 2.58. The lowest BCUT2D eigenvalue weighted by Crippen LogP contribution is -2.33. The number of aliphatic imine (C=N–C) groups is 1. The van der Waals surface area contributed by atoms with Crippen LogP contribution in [0.3, 0.4) is 0 Å². The fourth-order valence-corrected chi connectivity index (χ4v) is 5.00. The molecular formula is C30H27N9O2. The van der Waals surface area contributed by atoms with E-state index in [1.807, 2.05) is 61.3 Å². The summed E-state index contributed by atoms with van der Waals surface area (Å²) in [6, 6.07) is 15.5. The van der Waals surface area contributed by atoms with Crippen LogP contribution >= 0.6 is 0 Å². The van der Waals surface area contributed by atoms with Gasteiger partial charge in [0.15, 0.2) is 11.5 Å². The number of aromatic nitrogens is 5. The third-order valence-electron chi connectivity index (χ3n) is 7.06. The topological polar surface area (TPSA) is 136 Å². The zero-order valence-electron chi connectivity index (χ0n) is 22.7. The third kappa shape index (κ3) is 4.55. The van der Waals surface area contributed by atoms with Crippen LogP contribution in [0.25, 0.3) is 22.2 Å². The number of hydrogen-bond acceptors (Lipinski definition) is 8. The van der Waals surface area contributed by atoms with Gasteiger partial charge in [0.25, 0.3) is 11.5 Å². The van der Waals surface area contributed by atoms with Crippen molar-refractivity contribution in [2.24, 2.45) is 4.99 Å². The minimum atomic E-state index is -0.683. The Hall–Kier alpha value is -5.50. The smallest absolute Gasteiger partial charge is 0.267 e. The van der Waals surface area contributed by atoms with Crippen LogP contribution in [0.5, 0.6) is 0 Å². The van der Waals surface area contributed by atoms with Crippen LogP contribution in [-0.4, -0.2) is 60.4 Å². The normalized spacial score (nSPS) is 17.0. The van der Waals surface area contributed by atoms with E-state index in [1.54, 1.807) is 37.8 Å². The molecule has 0 spiro atoms.